The second-order valence-electron chi connectivity index (χ2n) is 6.39. The minimum Gasteiger partial charge on any atom is -0.493 e. The standard InChI is InChI=1S/C22H19N3O3S/c1-13-6-8-16(15-5-4-10-23-20(13)15)24-21(26)17-12-29-22(25-17)14-7-9-18(27-2)19(11-14)28-3/h4-12H,1-3H3,(H,24,26). The molecule has 4 aromatic rings. The maximum Gasteiger partial charge on any atom is 0.275 e. The van der Waals surface area contributed by atoms with Gasteiger partial charge in [-0.3, -0.25) is 9.78 Å². The fourth-order valence-corrected chi connectivity index (χ4v) is 3.89. The second-order valence-corrected chi connectivity index (χ2v) is 7.25. The third-order valence-corrected chi connectivity index (χ3v) is 5.48. The number of ether oxygens (including phenoxy) is 2. The van der Waals surface area contributed by atoms with Gasteiger partial charge < -0.3 is 14.8 Å². The minimum atomic E-state index is -0.262. The van der Waals surface area contributed by atoms with Gasteiger partial charge in [0.15, 0.2) is 11.5 Å². The lowest BCUT2D eigenvalue weighted by molar-refractivity contribution is 0.102. The molecule has 6 nitrogen and oxygen atoms in total. The number of aryl methyl sites for hydroxylation is 1. The first-order chi connectivity index (χ1) is 14.1. The van der Waals surface area contributed by atoms with Gasteiger partial charge in [-0.1, -0.05) is 6.07 Å². The van der Waals surface area contributed by atoms with E-state index in [0.29, 0.717) is 22.9 Å². The Kier molecular flexibility index (Phi) is 5.14. The Bertz CT molecular complexity index is 1200. The van der Waals surface area contributed by atoms with Crippen LogP contribution in [0.25, 0.3) is 21.5 Å². The van der Waals surface area contributed by atoms with Crippen LogP contribution in [-0.4, -0.2) is 30.1 Å². The molecule has 0 saturated heterocycles. The van der Waals surface area contributed by atoms with Crippen LogP contribution in [-0.2, 0) is 0 Å². The maximum atomic E-state index is 12.8. The third kappa shape index (κ3) is 3.64. The normalized spacial score (nSPS) is 10.7. The second kappa shape index (κ2) is 7.89. The van der Waals surface area contributed by atoms with Gasteiger partial charge >= 0.3 is 0 Å². The number of thiazole rings is 1. The van der Waals surface area contributed by atoms with E-state index in [9.17, 15) is 4.79 Å². The van der Waals surface area contributed by atoms with E-state index in [1.807, 2.05) is 49.4 Å². The highest BCUT2D eigenvalue weighted by Crippen LogP contribution is 2.33. The van der Waals surface area contributed by atoms with Crippen LogP contribution in [0.5, 0.6) is 11.5 Å². The molecule has 0 saturated carbocycles. The number of nitrogens with zero attached hydrogens (tertiary/aromatic N) is 2. The molecule has 0 bridgehead atoms. The summed E-state index contributed by atoms with van der Waals surface area (Å²) in [6.07, 6.45) is 1.75. The molecule has 0 radical (unpaired) electrons. The summed E-state index contributed by atoms with van der Waals surface area (Å²) in [7, 11) is 3.18. The van der Waals surface area contributed by atoms with Gasteiger partial charge in [0.1, 0.15) is 10.7 Å². The molecule has 0 spiro atoms. The summed E-state index contributed by atoms with van der Waals surface area (Å²) in [5, 5.41) is 6.33. The lowest BCUT2D eigenvalue weighted by atomic mass is 10.1. The number of methoxy groups -OCH3 is 2. The first-order valence-electron chi connectivity index (χ1n) is 8.94. The van der Waals surface area contributed by atoms with E-state index in [0.717, 1.165) is 27.0 Å². The lowest BCUT2D eigenvalue weighted by Crippen LogP contribution is -2.12. The van der Waals surface area contributed by atoms with E-state index in [1.165, 1.54) is 11.3 Å². The molecule has 0 aliphatic heterocycles. The number of aromatic nitrogens is 2. The van der Waals surface area contributed by atoms with Crippen molar-refractivity contribution in [2.75, 3.05) is 19.5 Å². The summed E-state index contributed by atoms with van der Waals surface area (Å²) in [4.78, 5) is 21.7. The zero-order valence-corrected chi connectivity index (χ0v) is 17.0. The first kappa shape index (κ1) is 18.9. The van der Waals surface area contributed by atoms with Gasteiger partial charge in [0.25, 0.3) is 5.91 Å². The fourth-order valence-electron chi connectivity index (χ4n) is 3.09. The van der Waals surface area contributed by atoms with Gasteiger partial charge in [-0.15, -0.1) is 11.3 Å². The van der Waals surface area contributed by atoms with Crippen LogP contribution >= 0.6 is 11.3 Å². The van der Waals surface area contributed by atoms with E-state index in [-0.39, 0.29) is 5.91 Å². The van der Waals surface area contributed by atoms with Gasteiger partial charge in [-0.2, -0.15) is 0 Å². The topological polar surface area (TPSA) is 73.3 Å². The van der Waals surface area contributed by atoms with Gasteiger partial charge in [0, 0.05) is 22.5 Å². The predicted molar refractivity (Wildman–Crippen MR) is 115 cm³/mol. The molecule has 0 unspecified atom stereocenters. The van der Waals surface area contributed by atoms with Crippen molar-refractivity contribution in [1.82, 2.24) is 9.97 Å². The van der Waals surface area contributed by atoms with E-state index in [2.05, 4.69) is 15.3 Å². The van der Waals surface area contributed by atoms with Gasteiger partial charge in [-0.25, -0.2) is 4.98 Å². The van der Waals surface area contributed by atoms with Crippen LogP contribution in [0.15, 0.2) is 54.0 Å². The number of carbonyl (C=O) groups excluding carboxylic acids is 1. The Morgan fingerprint density at radius 1 is 1.07 bits per heavy atom. The molecule has 2 aromatic carbocycles. The highest BCUT2D eigenvalue weighted by atomic mass is 32.1. The van der Waals surface area contributed by atoms with Crippen molar-refractivity contribution >= 4 is 33.8 Å². The smallest absolute Gasteiger partial charge is 0.275 e. The number of pyridine rings is 1. The zero-order valence-electron chi connectivity index (χ0n) is 16.2. The van der Waals surface area contributed by atoms with Crippen molar-refractivity contribution in [3.05, 3.63) is 65.3 Å². The van der Waals surface area contributed by atoms with Crippen molar-refractivity contribution in [3.8, 4) is 22.1 Å². The number of hydrogen-bond acceptors (Lipinski definition) is 6. The van der Waals surface area contributed by atoms with Crippen LogP contribution in [0.2, 0.25) is 0 Å². The number of rotatable bonds is 5. The number of fused-ring (bicyclic) bond motifs is 1. The molecular weight excluding hydrogens is 386 g/mol. The number of anilines is 1. The highest BCUT2D eigenvalue weighted by Gasteiger charge is 2.15. The van der Waals surface area contributed by atoms with E-state index >= 15 is 0 Å². The van der Waals surface area contributed by atoms with Crippen molar-refractivity contribution < 1.29 is 14.3 Å². The Morgan fingerprint density at radius 2 is 1.90 bits per heavy atom. The molecule has 29 heavy (non-hydrogen) atoms. The summed E-state index contributed by atoms with van der Waals surface area (Å²) in [5.74, 6) is 0.998. The van der Waals surface area contributed by atoms with Gasteiger partial charge in [0.2, 0.25) is 0 Å². The monoisotopic (exact) mass is 405 g/mol. The SMILES string of the molecule is COc1ccc(-c2nc(C(=O)Nc3ccc(C)c4ncccc34)cs2)cc1OC. The van der Waals surface area contributed by atoms with Crippen molar-refractivity contribution in [3.63, 3.8) is 0 Å². The van der Waals surface area contributed by atoms with Gasteiger partial charge in [-0.05, 0) is 48.9 Å². The Morgan fingerprint density at radius 3 is 2.69 bits per heavy atom. The Hall–Kier alpha value is -3.45. The largest absolute Gasteiger partial charge is 0.493 e. The molecular formula is C22H19N3O3S. The van der Waals surface area contributed by atoms with E-state index in [1.54, 1.807) is 25.8 Å². The summed E-state index contributed by atoms with van der Waals surface area (Å²) >= 11 is 1.40. The molecule has 0 aliphatic rings. The van der Waals surface area contributed by atoms with Crippen molar-refractivity contribution in [2.24, 2.45) is 0 Å². The summed E-state index contributed by atoms with van der Waals surface area (Å²) in [6.45, 7) is 2.00. The van der Waals surface area contributed by atoms with E-state index in [4.69, 9.17) is 9.47 Å². The van der Waals surface area contributed by atoms with Crippen LogP contribution in [0.4, 0.5) is 5.69 Å². The van der Waals surface area contributed by atoms with Crippen LogP contribution < -0.4 is 14.8 Å². The maximum absolute atomic E-state index is 12.8. The highest BCUT2D eigenvalue weighted by molar-refractivity contribution is 7.13. The molecule has 7 heteroatoms. The minimum absolute atomic E-state index is 0.262. The van der Waals surface area contributed by atoms with Gasteiger partial charge in [0.05, 0.1) is 25.4 Å². The predicted octanol–water partition coefficient (Wildman–Crippen LogP) is 4.94. The zero-order chi connectivity index (χ0) is 20.4. The number of carbonyl (C=O) groups is 1. The number of hydrogen-bond donors (Lipinski definition) is 1. The van der Waals surface area contributed by atoms with Crippen LogP contribution in [0.1, 0.15) is 16.1 Å². The van der Waals surface area contributed by atoms with E-state index < -0.39 is 0 Å². The Balaban J connectivity index is 1.61. The molecule has 1 amide bonds. The first-order valence-corrected chi connectivity index (χ1v) is 9.82. The number of benzene rings is 2. The average molecular weight is 405 g/mol. The molecule has 4 rings (SSSR count). The lowest BCUT2D eigenvalue weighted by Gasteiger charge is -2.09. The quantitative estimate of drug-likeness (QED) is 0.509. The molecule has 2 heterocycles. The summed E-state index contributed by atoms with van der Waals surface area (Å²) in [5.41, 5.74) is 3.86. The van der Waals surface area contributed by atoms with Crippen molar-refractivity contribution in [2.45, 2.75) is 6.92 Å². The average Bonchev–Trinajstić information content (AvgIpc) is 3.26. The molecule has 0 fully saturated rings. The molecule has 0 atom stereocenters. The number of nitrogens with one attached hydrogen (secondary N) is 1. The van der Waals surface area contributed by atoms with Crippen molar-refractivity contribution in [1.29, 1.82) is 0 Å². The molecule has 1 N–H and O–H groups in total. The summed E-state index contributed by atoms with van der Waals surface area (Å²) in [6, 6.07) is 13.2. The number of amides is 1. The Labute approximate surface area is 172 Å². The fraction of sp³-hybridized carbons (Fsp3) is 0.136. The molecule has 146 valence electrons. The van der Waals surface area contributed by atoms with Crippen LogP contribution in [0, 0.1) is 6.92 Å². The third-order valence-electron chi connectivity index (χ3n) is 4.59. The van der Waals surface area contributed by atoms with Crippen LogP contribution in [0.3, 0.4) is 0 Å². The molecule has 0 aliphatic carbocycles. The molecule has 2 aromatic heterocycles. The summed E-state index contributed by atoms with van der Waals surface area (Å²) < 4.78 is 10.6.